The molecule has 2 nitrogen and oxygen atoms in total. The minimum atomic E-state index is 0.708. The minimum absolute atomic E-state index is 0.708. The van der Waals surface area contributed by atoms with Gasteiger partial charge in [0.1, 0.15) is 0 Å². The topological polar surface area (TPSA) is 15.3 Å². The molecule has 110 valence electrons. The number of nitrogens with zero attached hydrogens (tertiary/aromatic N) is 1. The van der Waals surface area contributed by atoms with E-state index < -0.39 is 0 Å². The Hall–Kier alpha value is -0.600. The van der Waals surface area contributed by atoms with Crippen molar-refractivity contribution in [3.63, 3.8) is 0 Å². The molecular weight excluding hydrogens is 232 g/mol. The highest BCUT2D eigenvalue weighted by molar-refractivity contribution is 4.86. The van der Waals surface area contributed by atoms with E-state index in [0.717, 1.165) is 25.6 Å². The third-order valence-corrected chi connectivity index (χ3v) is 4.08. The SMILES string of the molecule is C=CCN(CC=C)CC1CCCCCC1NCCC. The van der Waals surface area contributed by atoms with Crippen molar-refractivity contribution in [3.8, 4) is 0 Å². The van der Waals surface area contributed by atoms with Crippen molar-refractivity contribution in [2.24, 2.45) is 5.92 Å². The van der Waals surface area contributed by atoms with Gasteiger partial charge in [-0.05, 0) is 31.7 Å². The Morgan fingerprint density at radius 3 is 2.42 bits per heavy atom. The van der Waals surface area contributed by atoms with Crippen LogP contribution >= 0.6 is 0 Å². The predicted octanol–water partition coefficient (Wildman–Crippen LogP) is 3.61. The van der Waals surface area contributed by atoms with E-state index in [4.69, 9.17) is 0 Å². The van der Waals surface area contributed by atoms with Gasteiger partial charge in [-0.2, -0.15) is 0 Å². The molecule has 19 heavy (non-hydrogen) atoms. The zero-order valence-corrected chi connectivity index (χ0v) is 12.7. The number of hydrogen-bond acceptors (Lipinski definition) is 2. The van der Waals surface area contributed by atoms with E-state index in [1.807, 2.05) is 12.2 Å². The number of nitrogens with one attached hydrogen (secondary N) is 1. The molecule has 0 aromatic carbocycles. The van der Waals surface area contributed by atoms with Crippen LogP contribution in [-0.2, 0) is 0 Å². The van der Waals surface area contributed by atoms with Crippen molar-refractivity contribution in [1.29, 1.82) is 0 Å². The van der Waals surface area contributed by atoms with Crippen molar-refractivity contribution in [2.75, 3.05) is 26.2 Å². The highest BCUT2D eigenvalue weighted by Gasteiger charge is 2.24. The summed E-state index contributed by atoms with van der Waals surface area (Å²) in [6.07, 6.45) is 12.2. The molecule has 1 rings (SSSR count). The molecule has 0 aromatic rings. The summed E-state index contributed by atoms with van der Waals surface area (Å²) in [6.45, 7) is 14.3. The molecule has 0 spiro atoms. The summed E-state index contributed by atoms with van der Waals surface area (Å²) in [7, 11) is 0. The Balaban J connectivity index is 2.55. The Bertz CT molecular complexity index is 240. The summed E-state index contributed by atoms with van der Waals surface area (Å²) >= 11 is 0. The molecule has 1 fully saturated rings. The van der Waals surface area contributed by atoms with Crippen molar-refractivity contribution in [3.05, 3.63) is 25.3 Å². The highest BCUT2D eigenvalue weighted by atomic mass is 15.1. The van der Waals surface area contributed by atoms with E-state index in [0.29, 0.717) is 6.04 Å². The van der Waals surface area contributed by atoms with Crippen LogP contribution < -0.4 is 5.32 Å². The summed E-state index contributed by atoms with van der Waals surface area (Å²) in [4.78, 5) is 2.47. The van der Waals surface area contributed by atoms with Crippen LogP contribution in [0.4, 0.5) is 0 Å². The van der Waals surface area contributed by atoms with E-state index in [-0.39, 0.29) is 0 Å². The lowest BCUT2D eigenvalue weighted by Gasteiger charge is -2.31. The maximum Gasteiger partial charge on any atom is 0.0164 e. The number of rotatable bonds is 9. The van der Waals surface area contributed by atoms with Crippen LogP contribution in [-0.4, -0.2) is 37.1 Å². The third kappa shape index (κ3) is 6.40. The van der Waals surface area contributed by atoms with Gasteiger partial charge >= 0.3 is 0 Å². The monoisotopic (exact) mass is 264 g/mol. The van der Waals surface area contributed by atoms with Gasteiger partial charge in [0, 0.05) is 25.7 Å². The molecule has 0 aromatic heterocycles. The van der Waals surface area contributed by atoms with Gasteiger partial charge in [-0.25, -0.2) is 0 Å². The minimum Gasteiger partial charge on any atom is -0.314 e. The molecule has 0 aliphatic heterocycles. The van der Waals surface area contributed by atoms with Crippen molar-refractivity contribution >= 4 is 0 Å². The van der Waals surface area contributed by atoms with E-state index in [1.165, 1.54) is 45.1 Å². The Morgan fingerprint density at radius 1 is 1.11 bits per heavy atom. The molecule has 0 amide bonds. The largest absolute Gasteiger partial charge is 0.314 e. The molecule has 1 N–H and O–H groups in total. The van der Waals surface area contributed by atoms with Crippen LogP contribution in [0.3, 0.4) is 0 Å². The average molecular weight is 264 g/mol. The second-order valence-electron chi connectivity index (χ2n) is 5.75. The van der Waals surface area contributed by atoms with Crippen LogP contribution in [0.25, 0.3) is 0 Å². The molecule has 0 heterocycles. The summed E-state index contributed by atoms with van der Waals surface area (Å²) in [5, 5.41) is 3.77. The first-order chi connectivity index (χ1) is 9.31. The fourth-order valence-electron chi connectivity index (χ4n) is 3.12. The van der Waals surface area contributed by atoms with Gasteiger partial charge in [0.25, 0.3) is 0 Å². The van der Waals surface area contributed by atoms with Gasteiger partial charge in [-0.3, -0.25) is 4.90 Å². The quantitative estimate of drug-likeness (QED) is 0.505. The lowest BCUT2D eigenvalue weighted by atomic mass is 9.93. The number of hydrogen-bond donors (Lipinski definition) is 1. The van der Waals surface area contributed by atoms with Gasteiger partial charge in [-0.1, -0.05) is 38.3 Å². The van der Waals surface area contributed by atoms with E-state index in [1.54, 1.807) is 0 Å². The van der Waals surface area contributed by atoms with Gasteiger partial charge in [0.05, 0.1) is 0 Å². The smallest absolute Gasteiger partial charge is 0.0164 e. The zero-order valence-electron chi connectivity index (χ0n) is 12.7. The molecule has 0 radical (unpaired) electrons. The van der Waals surface area contributed by atoms with E-state index in [9.17, 15) is 0 Å². The molecule has 1 aliphatic rings. The van der Waals surface area contributed by atoms with Crippen molar-refractivity contribution in [2.45, 2.75) is 51.5 Å². The lowest BCUT2D eigenvalue weighted by Crippen LogP contribution is -2.42. The van der Waals surface area contributed by atoms with Crippen LogP contribution in [0.2, 0.25) is 0 Å². The first-order valence-electron chi connectivity index (χ1n) is 7.99. The van der Waals surface area contributed by atoms with Crippen molar-refractivity contribution < 1.29 is 0 Å². The van der Waals surface area contributed by atoms with E-state index >= 15 is 0 Å². The molecule has 2 atom stereocenters. The van der Waals surface area contributed by atoms with Gasteiger partial charge in [0.15, 0.2) is 0 Å². The Morgan fingerprint density at radius 2 is 1.79 bits per heavy atom. The normalized spacial score (nSPS) is 24.1. The van der Waals surface area contributed by atoms with Gasteiger partial charge < -0.3 is 5.32 Å². The lowest BCUT2D eigenvalue weighted by molar-refractivity contribution is 0.222. The molecule has 0 saturated heterocycles. The summed E-state index contributed by atoms with van der Waals surface area (Å²) < 4.78 is 0. The van der Waals surface area contributed by atoms with Crippen LogP contribution in [0.5, 0.6) is 0 Å². The predicted molar refractivity (Wildman–Crippen MR) is 85.5 cm³/mol. The first kappa shape index (κ1) is 16.5. The summed E-state index contributed by atoms with van der Waals surface area (Å²) in [5.74, 6) is 0.786. The summed E-state index contributed by atoms with van der Waals surface area (Å²) in [5.41, 5.74) is 0. The molecule has 1 aliphatic carbocycles. The maximum absolute atomic E-state index is 3.87. The maximum atomic E-state index is 3.87. The standard InChI is InChI=1S/C17H32N2/c1-4-12-18-17-11-9-7-8-10-16(17)15-19(13-5-2)14-6-3/h5-6,16-18H,2-4,7-15H2,1H3. The second-order valence-corrected chi connectivity index (χ2v) is 5.75. The Labute approximate surface area is 120 Å². The Kier molecular flexibility index (Phi) is 8.85. The molecule has 2 unspecified atom stereocenters. The van der Waals surface area contributed by atoms with Gasteiger partial charge in [0.2, 0.25) is 0 Å². The highest BCUT2D eigenvalue weighted by Crippen LogP contribution is 2.24. The van der Waals surface area contributed by atoms with Crippen molar-refractivity contribution in [1.82, 2.24) is 10.2 Å². The molecule has 1 saturated carbocycles. The van der Waals surface area contributed by atoms with Crippen LogP contribution in [0.15, 0.2) is 25.3 Å². The molecule has 2 heteroatoms. The average Bonchev–Trinajstić information content (AvgIpc) is 2.62. The fraction of sp³-hybridized carbons (Fsp3) is 0.765. The summed E-state index contributed by atoms with van der Waals surface area (Å²) in [6, 6.07) is 0.708. The van der Waals surface area contributed by atoms with Gasteiger partial charge in [-0.15, -0.1) is 13.2 Å². The van der Waals surface area contributed by atoms with Crippen LogP contribution in [0.1, 0.15) is 45.4 Å². The van der Waals surface area contributed by atoms with Crippen LogP contribution in [0, 0.1) is 5.92 Å². The second kappa shape index (κ2) is 10.2. The fourth-order valence-corrected chi connectivity index (χ4v) is 3.12. The zero-order chi connectivity index (χ0) is 13.9. The first-order valence-corrected chi connectivity index (χ1v) is 7.99. The molecule has 0 bridgehead atoms. The third-order valence-electron chi connectivity index (χ3n) is 4.08. The van der Waals surface area contributed by atoms with E-state index in [2.05, 4.69) is 30.3 Å². The molecular formula is C17H32N2.